The number of nitrogens with zero attached hydrogens (tertiary/aromatic N) is 2. The molecule has 1 heterocycles. The van der Waals surface area contributed by atoms with Gasteiger partial charge in [0.1, 0.15) is 5.03 Å². The van der Waals surface area contributed by atoms with E-state index in [2.05, 4.69) is 10.3 Å². The molecule has 2 rings (SSSR count). The fraction of sp³-hybridized carbons (Fsp3) is 0.294. The third-order valence-corrected chi connectivity index (χ3v) is 4.61. The van der Waals surface area contributed by atoms with Gasteiger partial charge >= 0.3 is 0 Å². The summed E-state index contributed by atoms with van der Waals surface area (Å²) in [5.41, 5.74) is 1.59. The second-order valence-electron chi connectivity index (χ2n) is 5.27. The first-order chi connectivity index (χ1) is 11.0. The molecule has 23 heavy (non-hydrogen) atoms. The van der Waals surface area contributed by atoms with Crippen LogP contribution < -0.4 is 5.32 Å². The summed E-state index contributed by atoms with van der Waals surface area (Å²) in [7, 11) is 3.94. The molecule has 1 unspecified atom stereocenters. The SMILES string of the molecule is CSc1ncccc1C(=O)NCC(c1ccccc1Cl)N(C)C. The van der Waals surface area contributed by atoms with E-state index >= 15 is 0 Å². The first kappa shape index (κ1) is 17.8. The molecule has 0 aliphatic heterocycles. The first-order valence-corrected chi connectivity index (χ1v) is 8.83. The number of aromatic nitrogens is 1. The maximum Gasteiger partial charge on any atom is 0.254 e. The van der Waals surface area contributed by atoms with Crippen molar-refractivity contribution in [2.75, 3.05) is 26.9 Å². The van der Waals surface area contributed by atoms with Crippen molar-refractivity contribution in [3.05, 3.63) is 58.7 Å². The first-order valence-electron chi connectivity index (χ1n) is 7.22. The summed E-state index contributed by atoms with van der Waals surface area (Å²) < 4.78 is 0. The third-order valence-electron chi connectivity index (χ3n) is 3.55. The summed E-state index contributed by atoms with van der Waals surface area (Å²) in [6.45, 7) is 0.471. The van der Waals surface area contributed by atoms with Crippen molar-refractivity contribution in [2.24, 2.45) is 0 Å². The molecule has 0 radical (unpaired) electrons. The Morgan fingerprint density at radius 2 is 2.04 bits per heavy atom. The average molecular weight is 350 g/mol. The Hall–Kier alpha value is -1.56. The fourth-order valence-corrected chi connectivity index (χ4v) is 3.14. The van der Waals surface area contributed by atoms with Crippen molar-refractivity contribution in [2.45, 2.75) is 11.1 Å². The molecule has 1 N–H and O–H groups in total. The number of likely N-dealkylation sites (N-methyl/N-ethyl adjacent to an activating group) is 1. The minimum atomic E-state index is -0.124. The van der Waals surface area contributed by atoms with Crippen LogP contribution in [0.2, 0.25) is 5.02 Å². The largest absolute Gasteiger partial charge is 0.350 e. The normalized spacial score (nSPS) is 12.2. The van der Waals surface area contributed by atoms with Gasteiger partial charge < -0.3 is 10.2 Å². The van der Waals surface area contributed by atoms with Crippen LogP contribution in [0.3, 0.4) is 0 Å². The molecule has 0 bridgehead atoms. The van der Waals surface area contributed by atoms with Gasteiger partial charge in [0.2, 0.25) is 0 Å². The van der Waals surface area contributed by atoms with Crippen LogP contribution in [-0.2, 0) is 0 Å². The van der Waals surface area contributed by atoms with Crippen molar-refractivity contribution in [1.82, 2.24) is 15.2 Å². The molecule has 0 fully saturated rings. The minimum absolute atomic E-state index is 0.00190. The summed E-state index contributed by atoms with van der Waals surface area (Å²) in [6, 6.07) is 11.3. The van der Waals surface area contributed by atoms with E-state index in [1.54, 1.807) is 18.3 Å². The number of carbonyl (C=O) groups excluding carboxylic acids is 1. The van der Waals surface area contributed by atoms with E-state index in [0.29, 0.717) is 17.1 Å². The van der Waals surface area contributed by atoms with Gasteiger partial charge in [0.25, 0.3) is 5.91 Å². The predicted octanol–water partition coefficient (Wildman–Crippen LogP) is 3.49. The lowest BCUT2D eigenvalue weighted by Gasteiger charge is -2.26. The lowest BCUT2D eigenvalue weighted by molar-refractivity contribution is 0.0938. The van der Waals surface area contributed by atoms with Gasteiger partial charge in [-0.15, -0.1) is 11.8 Å². The molecule has 2 aromatic rings. The molecule has 6 heteroatoms. The van der Waals surface area contributed by atoms with Gasteiger partial charge in [-0.25, -0.2) is 4.98 Å². The van der Waals surface area contributed by atoms with Gasteiger partial charge in [-0.2, -0.15) is 0 Å². The molecule has 1 aromatic heterocycles. The maximum atomic E-state index is 12.5. The summed E-state index contributed by atoms with van der Waals surface area (Å²) in [5.74, 6) is -0.124. The standard InChI is InChI=1S/C17H20ClN3OS/c1-21(2)15(12-7-4-5-9-14(12)18)11-20-16(22)13-8-6-10-19-17(13)23-3/h4-10,15H,11H2,1-3H3,(H,20,22). The van der Waals surface area contributed by atoms with Gasteiger partial charge in [0.05, 0.1) is 11.6 Å². The van der Waals surface area contributed by atoms with Crippen LogP contribution in [0.15, 0.2) is 47.6 Å². The lowest BCUT2D eigenvalue weighted by atomic mass is 10.1. The van der Waals surface area contributed by atoms with E-state index in [9.17, 15) is 4.79 Å². The Kier molecular flexibility index (Phi) is 6.45. The molecular formula is C17H20ClN3OS. The van der Waals surface area contributed by atoms with Crippen LogP contribution in [0.5, 0.6) is 0 Å². The fourth-order valence-electron chi connectivity index (χ4n) is 2.33. The van der Waals surface area contributed by atoms with E-state index in [1.165, 1.54) is 11.8 Å². The zero-order valence-electron chi connectivity index (χ0n) is 13.4. The Morgan fingerprint density at radius 3 is 2.70 bits per heavy atom. The Labute approximate surface area is 146 Å². The third kappa shape index (κ3) is 4.47. The molecule has 0 saturated heterocycles. The number of carbonyl (C=O) groups is 1. The van der Waals surface area contributed by atoms with Crippen molar-refractivity contribution in [3.63, 3.8) is 0 Å². The monoisotopic (exact) mass is 349 g/mol. The molecule has 0 saturated carbocycles. The number of thioether (sulfide) groups is 1. The molecule has 0 spiro atoms. The number of hydrogen-bond acceptors (Lipinski definition) is 4. The predicted molar refractivity (Wildman–Crippen MR) is 96.2 cm³/mol. The number of hydrogen-bond donors (Lipinski definition) is 1. The van der Waals surface area contributed by atoms with Crippen LogP contribution in [0.1, 0.15) is 22.0 Å². The quantitative estimate of drug-likeness (QED) is 0.811. The highest BCUT2D eigenvalue weighted by Gasteiger charge is 2.19. The van der Waals surface area contributed by atoms with Crippen molar-refractivity contribution in [3.8, 4) is 0 Å². The van der Waals surface area contributed by atoms with Crippen LogP contribution in [0.25, 0.3) is 0 Å². The lowest BCUT2D eigenvalue weighted by Crippen LogP contribution is -2.35. The topological polar surface area (TPSA) is 45.2 Å². The van der Waals surface area contributed by atoms with E-state index in [-0.39, 0.29) is 11.9 Å². The molecule has 4 nitrogen and oxygen atoms in total. The number of rotatable bonds is 6. The van der Waals surface area contributed by atoms with Gasteiger partial charge in [0.15, 0.2) is 0 Å². The molecule has 0 aliphatic carbocycles. The van der Waals surface area contributed by atoms with Crippen molar-refractivity contribution < 1.29 is 4.79 Å². The smallest absolute Gasteiger partial charge is 0.254 e. The van der Waals surface area contributed by atoms with Crippen LogP contribution >= 0.6 is 23.4 Å². The summed E-state index contributed by atoms with van der Waals surface area (Å²) in [4.78, 5) is 18.7. The molecule has 1 aromatic carbocycles. The molecular weight excluding hydrogens is 330 g/mol. The Bertz CT molecular complexity index is 678. The molecule has 1 atom stereocenters. The van der Waals surface area contributed by atoms with E-state index in [0.717, 1.165) is 10.6 Å². The molecule has 0 aliphatic rings. The number of nitrogens with one attached hydrogen (secondary N) is 1. The number of pyridine rings is 1. The van der Waals surface area contributed by atoms with E-state index in [1.807, 2.05) is 49.5 Å². The highest BCUT2D eigenvalue weighted by Crippen LogP contribution is 2.25. The average Bonchev–Trinajstić information content (AvgIpc) is 2.56. The summed E-state index contributed by atoms with van der Waals surface area (Å²) in [6.07, 6.45) is 3.60. The number of benzene rings is 1. The van der Waals surface area contributed by atoms with Crippen molar-refractivity contribution in [1.29, 1.82) is 0 Å². The van der Waals surface area contributed by atoms with Gasteiger partial charge in [0, 0.05) is 17.8 Å². The van der Waals surface area contributed by atoms with Crippen LogP contribution in [0, 0.1) is 0 Å². The Balaban J connectivity index is 2.13. The van der Waals surface area contributed by atoms with Crippen LogP contribution in [-0.4, -0.2) is 42.7 Å². The van der Waals surface area contributed by atoms with Crippen molar-refractivity contribution >= 4 is 29.3 Å². The zero-order valence-corrected chi connectivity index (χ0v) is 15.0. The highest BCUT2D eigenvalue weighted by molar-refractivity contribution is 7.98. The van der Waals surface area contributed by atoms with Gasteiger partial charge in [-0.3, -0.25) is 4.79 Å². The van der Waals surface area contributed by atoms with E-state index < -0.39 is 0 Å². The maximum absolute atomic E-state index is 12.5. The van der Waals surface area contributed by atoms with Crippen LogP contribution in [0.4, 0.5) is 0 Å². The minimum Gasteiger partial charge on any atom is -0.350 e. The second kappa shape index (κ2) is 8.34. The van der Waals surface area contributed by atoms with E-state index in [4.69, 9.17) is 11.6 Å². The molecule has 1 amide bonds. The number of halogens is 1. The van der Waals surface area contributed by atoms with Gasteiger partial charge in [-0.05, 0) is 44.1 Å². The summed E-state index contributed by atoms with van der Waals surface area (Å²) >= 11 is 7.75. The molecule has 122 valence electrons. The van der Waals surface area contributed by atoms with Gasteiger partial charge in [-0.1, -0.05) is 29.8 Å². The number of amides is 1. The highest BCUT2D eigenvalue weighted by atomic mass is 35.5. The summed E-state index contributed by atoms with van der Waals surface area (Å²) in [5, 5.41) is 4.41. The zero-order chi connectivity index (χ0) is 16.8. The Morgan fingerprint density at radius 1 is 1.30 bits per heavy atom. The second-order valence-corrected chi connectivity index (χ2v) is 6.47.